The maximum absolute atomic E-state index is 13.2. The minimum Gasteiger partial charge on any atom is -0.377 e. The molecule has 2 aromatic carbocycles. The first kappa shape index (κ1) is 18.1. The molecule has 0 saturated heterocycles. The van der Waals surface area contributed by atoms with Gasteiger partial charge in [0, 0.05) is 24.1 Å². The molecule has 134 valence electrons. The number of ether oxygens (including phenoxy) is 1. The highest BCUT2D eigenvalue weighted by atomic mass is 32.2. The Morgan fingerprint density at radius 2 is 1.85 bits per heavy atom. The van der Waals surface area contributed by atoms with Crippen LogP contribution >= 0.6 is 11.8 Å². The van der Waals surface area contributed by atoms with Gasteiger partial charge in [0.1, 0.15) is 12.4 Å². The highest BCUT2D eigenvalue weighted by molar-refractivity contribution is 7.98. The molecule has 3 aromatic rings. The molecular formula is C18H17FN4O2S. The SMILES string of the molecule is COCc1nnc(SCc2ccc(C(N)=O)cc2)n1-c1ccc(F)cc1. The van der Waals surface area contributed by atoms with E-state index in [1.165, 1.54) is 23.9 Å². The van der Waals surface area contributed by atoms with Gasteiger partial charge < -0.3 is 10.5 Å². The van der Waals surface area contributed by atoms with Gasteiger partial charge in [-0.3, -0.25) is 9.36 Å². The quantitative estimate of drug-likeness (QED) is 0.645. The van der Waals surface area contributed by atoms with E-state index >= 15 is 0 Å². The molecule has 0 bridgehead atoms. The average Bonchev–Trinajstić information content (AvgIpc) is 3.04. The number of hydrogen-bond donors (Lipinski definition) is 1. The number of benzene rings is 2. The standard InChI is InChI=1S/C18H17FN4O2S/c1-25-10-16-21-22-18(23(16)15-8-6-14(19)7-9-15)26-11-12-2-4-13(5-3-12)17(20)24/h2-9H,10-11H2,1H3,(H2,20,24). The number of carbonyl (C=O) groups excluding carboxylic acids is 1. The molecule has 0 aliphatic carbocycles. The fourth-order valence-corrected chi connectivity index (χ4v) is 3.31. The number of carbonyl (C=O) groups is 1. The van der Waals surface area contributed by atoms with E-state index in [2.05, 4.69) is 10.2 Å². The summed E-state index contributed by atoms with van der Waals surface area (Å²) in [5, 5.41) is 9.06. The van der Waals surface area contributed by atoms with Crippen molar-refractivity contribution in [3.63, 3.8) is 0 Å². The summed E-state index contributed by atoms with van der Waals surface area (Å²) >= 11 is 1.48. The van der Waals surface area contributed by atoms with E-state index in [4.69, 9.17) is 10.5 Å². The van der Waals surface area contributed by atoms with Gasteiger partial charge >= 0.3 is 0 Å². The average molecular weight is 372 g/mol. The number of halogens is 1. The minimum atomic E-state index is -0.454. The molecule has 0 fully saturated rings. The molecule has 6 nitrogen and oxygen atoms in total. The largest absolute Gasteiger partial charge is 0.377 e. The molecule has 0 atom stereocenters. The van der Waals surface area contributed by atoms with Gasteiger partial charge in [0.2, 0.25) is 5.91 Å². The lowest BCUT2D eigenvalue weighted by atomic mass is 10.1. The number of amides is 1. The molecule has 1 amide bonds. The molecular weight excluding hydrogens is 355 g/mol. The van der Waals surface area contributed by atoms with Crippen molar-refractivity contribution < 1.29 is 13.9 Å². The van der Waals surface area contributed by atoms with Crippen LogP contribution in [0.1, 0.15) is 21.7 Å². The van der Waals surface area contributed by atoms with Gasteiger partial charge in [-0.05, 0) is 42.0 Å². The predicted molar refractivity (Wildman–Crippen MR) is 96.6 cm³/mol. The van der Waals surface area contributed by atoms with Crippen molar-refractivity contribution in [3.05, 3.63) is 71.3 Å². The van der Waals surface area contributed by atoms with Crippen LogP contribution in [0.15, 0.2) is 53.7 Å². The second-order valence-corrected chi connectivity index (χ2v) is 6.44. The molecule has 1 aromatic heterocycles. The first-order valence-electron chi connectivity index (χ1n) is 7.79. The summed E-state index contributed by atoms with van der Waals surface area (Å²) < 4.78 is 20.2. The fraction of sp³-hybridized carbons (Fsp3) is 0.167. The van der Waals surface area contributed by atoms with E-state index in [0.29, 0.717) is 22.3 Å². The third-order valence-corrected chi connectivity index (χ3v) is 4.67. The molecule has 0 spiro atoms. The van der Waals surface area contributed by atoms with Gasteiger partial charge in [0.25, 0.3) is 0 Å². The lowest BCUT2D eigenvalue weighted by molar-refractivity contribution is 0.100. The summed E-state index contributed by atoms with van der Waals surface area (Å²) in [6.07, 6.45) is 0. The van der Waals surface area contributed by atoms with Crippen LogP contribution in [0.2, 0.25) is 0 Å². The first-order chi connectivity index (χ1) is 12.6. The van der Waals surface area contributed by atoms with E-state index in [9.17, 15) is 9.18 Å². The first-order valence-corrected chi connectivity index (χ1v) is 8.77. The number of primary amides is 1. The number of methoxy groups -OCH3 is 1. The zero-order valence-corrected chi connectivity index (χ0v) is 14.9. The third-order valence-electron chi connectivity index (χ3n) is 3.67. The van der Waals surface area contributed by atoms with Crippen LogP contribution < -0.4 is 5.73 Å². The molecule has 0 unspecified atom stereocenters. The Balaban J connectivity index is 1.83. The van der Waals surface area contributed by atoms with E-state index in [0.717, 1.165) is 11.3 Å². The molecule has 26 heavy (non-hydrogen) atoms. The Bertz CT molecular complexity index is 895. The van der Waals surface area contributed by atoms with Crippen molar-refractivity contribution in [2.24, 2.45) is 5.73 Å². The predicted octanol–water partition coefficient (Wildman–Crippen LogP) is 2.94. The summed E-state index contributed by atoms with van der Waals surface area (Å²) in [5.74, 6) is 0.500. The summed E-state index contributed by atoms with van der Waals surface area (Å²) in [5.41, 5.74) is 7.49. The summed E-state index contributed by atoms with van der Waals surface area (Å²) in [7, 11) is 1.58. The zero-order chi connectivity index (χ0) is 18.5. The van der Waals surface area contributed by atoms with Gasteiger partial charge in [0.05, 0.1) is 0 Å². The maximum Gasteiger partial charge on any atom is 0.248 e. The van der Waals surface area contributed by atoms with E-state index in [1.807, 2.05) is 16.7 Å². The van der Waals surface area contributed by atoms with Crippen LogP contribution in [-0.4, -0.2) is 27.8 Å². The van der Waals surface area contributed by atoms with Gasteiger partial charge in [-0.1, -0.05) is 23.9 Å². The van der Waals surface area contributed by atoms with Crippen LogP contribution in [0.25, 0.3) is 5.69 Å². The van der Waals surface area contributed by atoms with Crippen LogP contribution in [0, 0.1) is 5.82 Å². The molecule has 0 aliphatic heterocycles. The summed E-state index contributed by atoms with van der Waals surface area (Å²) in [6, 6.07) is 13.2. The van der Waals surface area contributed by atoms with E-state index in [-0.39, 0.29) is 12.4 Å². The topological polar surface area (TPSA) is 83.0 Å². The smallest absolute Gasteiger partial charge is 0.248 e. The van der Waals surface area contributed by atoms with Crippen molar-refractivity contribution in [2.75, 3.05) is 7.11 Å². The Kier molecular flexibility index (Phi) is 5.65. The van der Waals surface area contributed by atoms with Crippen molar-refractivity contribution in [1.82, 2.24) is 14.8 Å². The van der Waals surface area contributed by atoms with Crippen LogP contribution in [0.3, 0.4) is 0 Å². The second-order valence-electron chi connectivity index (χ2n) is 5.49. The number of aromatic nitrogens is 3. The summed E-state index contributed by atoms with van der Waals surface area (Å²) in [4.78, 5) is 11.1. The van der Waals surface area contributed by atoms with Gasteiger partial charge in [-0.15, -0.1) is 10.2 Å². The van der Waals surface area contributed by atoms with E-state index < -0.39 is 5.91 Å². The molecule has 0 saturated carbocycles. The van der Waals surface area contributed by atoms with Crippen molar-refractivity contribution in [1.29, 1.82) is 0 Å². The van der Waals surface area contributed by atoms with Crippen LogP contribution in [-0.2, 0) is 17.1 Å². The highest BCUT2D eigenvalue weighted by Crippen LogP contribution is 2.26. The minimum absolute atomic E-state index is 0.290. The molecule has 0 radical (unpaired) electrons. The lowest BCUT2D eigenvalue weighted by Crippen LogP contribution is -2.10. The number of hydrogen-bond acceptors (Lipinski definition) is 5. The monoisotopic (exact) mass is 372 g/mol. The summed E-state index contributed by atoms with van der Waals surface area (Å²) in [6.45, 7) is 0.290. The number of nitrogens with zero attached hydrogens (tertiary/aromatic N) is 3. The van der Waals surface area contributed by atoms with Gasteiger partial charge in [-0.25, -0.2) is 4.39 Å². The Morgan fingerprint density at radius 1 is 1.15 bits per heavy atom. The van der Waals surface area contributed by atoms with E-state index in [1.54, 1.807) is 31.4 Å². The Hall–Kier alpha value is -2.71. The number of nitrogens with two attached hydrogens (primary N) is 1. The van der Waals surface area contributed by atoms with Gasteiger partial charge in [-0.2, -0.15) is 0 Å². The van der Waals surface area contributed by atoms with Crippen LogP contribution in [0.4, 0.5) is 4.39 Å². The Morgan fingerprint density at radius 3 is 2.46 bits per heavy atom. The zero-order valence-electron chi connectivity index (χ0n) is 14.1. The maximum atomic E-state index is 13.2. The Labute approximate surface area is 154 Å². The van der Waals surface area contributed by atoms with Crippen molar-refractivity contribution in [2.45, 2.75) is 17.5 Å². The molecule has 1 heterocycles. The van der Waals surface area contributed by atoms with Crippen LogP contribution in [0.5, 0.6) is 0 Å². The van der Waals surface area contributed by atoms with Gasteiger partial charge in [0.15, 0.2) is 11.0 Å². The highest BCUT2D eigenvalue weighted by Gasteiger charge is 2.14. The normalized spacial score (nSPS) is 10.8. The number of rotatable bonds is 7. The molecule has 8 heteroatoms. The number of thioether (sulfide) groups is 1. The lowest BCUT2D eigenvalue weighted by Gasteiger charge is -2.10. The van der Waals surface area contributed by atoms with Crippen molar-refractivity contribution in [3.8, 4) is 5.69 Å². The van der Waals surface area contributed by atoms with Crippen molar-refractivity contribution >= 4 is 17.7 Å². The molecule has 2 N–H and O–H groups in total. The molecule has 3 rings (SSSR count). The third kappa shape index (κ3) is 4.09. The molecule has 0 aliphatic rings. The second kappa shape index (κ2) is 8.11. The fourth-order valence-electron chi connectivity index (χ4n) is 2.38.